The smallest absolute Gasteiger partial charge is 0.307 e. The van der Waals surface area contributed by atoms with Gasteiger partial charge in [-0.25, -0.2) is 0 Å². The van der Waals surface area contributed by atoms with E-state index in [-0.39, 0.29) is 5.97 Å². The third kappa shape index (κ3) is 5.79. The minimum absolute atomic E-state index is 0.216. The van der Waals surface area contributed by atoms with Crippen molar-refractivity contribution in [2.75, 3.05) is 39.8 Å². The van der Waals surface area contributed by atoms with Crippen molar-refractivity contribution in [2.45, 2.75) is 32.2 Å². The Morgan fingerprint density at radius 1 is 1.42 bits per heavy atom. The third-order valence-corrected chi connectivity index (χ3v) is 5.04. The lowest BCUT2D eigenvalue weighted by Crippen LogP contribution is -2.39. The van der Waals surface area contributed by atoms with Gasteiger partial charge in [-0.1, -0.05) is 6.07 Å². The van der Waals surface area contributed by atoms with Gasteiger partial charge in [0.05, 0.1) is 26.1 Å². The van der Waals surface area contributed by atoms with E-state index >= 15 is 0 Å². The Balaban J connectivity index is 1.96. The highest BCUT2D eigenvalue weighted by Gasteiger charge is 2.24. The van der Waals surface area contributed by atoms with E-state index < -0.39 is 0 Å². The molecule has 0 amide bonds. The molecule has 0 radical (unpaired) electrons. The van der Waals surface area contributed by atoms with Crippen molar-refractivity contribution in [1.29, 1.82) is 0 Å². The molecule has 7 heteroatoms. The lowest BCUT2D eigenvalue weighted by Gasteiger charge is -2.25. The summed E-state index contributed by atoms with van der Waals surface area (Å²) in [6, 6.07) is 4.64. The van der Waals surface area contributed by atoms with Crippen LogP contribution in [0.4, 0.5) is 0 Å². The van der Waals surface area contributed by atoms with E-state index in [9.17, 15) is 4.79 Å². The molecule has 1 aromatic heterocycles. The van der Waals surface area contributed by atoms with Gasteiger partial charge in [-0.05, 0) is 44.3 Å². The molecule has 1 aromatic rings. The molecule has 0 aliphatic carbocycles. The average molecular weight is 353 g/mol. The van der Waals surface area contributed by atoms with Crippen molar-refractivity contribution < 1.29 is 9.53 Å². The fraction of sp³-hybridized carbons (Fsp3) is 0.647. The van der Waals surface area contributed by atoms with Gasteiger partial charge in [-0.2, -0.15) is 0 Å². The molecule has 2 heterocycles. The van der Waals surface area contributed by atoms with Gasteiger partial charge in [-0.15, -0.1) is 11.3 Å². The summed E-state index contributed by atoms with van der Waals surface area (Å²) >= 11 is 1.79. The number of nitrogens with zero attached hydrogens (tertiary/aromatic N) is 2. The Morgan fingerprint density at radius 2 is 2.21 bits per heavy atom. The van der Waals surface area contributed by atoms with Gasteiger partial charge in [0.1, 0.15) is 0 Å². The predicted octanol–water partition coefficient (Wildman–Crippen LogP) is 2.00. The zero-order chi connectivity index (χ0) is 17.2. The minimum atomic E-state index is -0.216. The molecule has 1 fully saturated rings. The van der Waals surface area contributed by atoms with E-state index in [0.29, 0.717) is 25.6 Å². The minimum Gasteiger partial charge on any atom is -0.469 e. The molecule has 0 saturated carbocycles. The number of rotatable bonds is 8. The maximum absolute atomic E-state index is 11.2. The van der Waals surface area contributed by atoms with E-state index in [1.807, 2.05) is 6.92 Å². The van der Waals surface area contributed by atoms with Crippen LogP contribution >= 0.6 is 11.3 Å². The lowest BCUT2D eigenvalue weighted by atomic mass is 10.2. The molecule has 0 aromatic carbocycles. The SMILES string of the molecule is CCNC(=NCC(c1cccs1)N1CCCC1)NCCC(=O)OC. The number of methoxy groups -OCH3 is 1. The molecular weight excluding hydrogens is 324 g/mol. The molecule has 1 atom stereocenters. The van der Waals surface area contributed by atoms with Crippen molar-refractivity contribution in [3.63, 3.8) is 0 Å². The second-order valence-corrected chi connectivity index (χ2v) is 6.73. The highest BCUT2D eigenvalue weighted by Crippen LogP contribution is 2.28. The summed E-state index contributed by atoms with van der Waals surface area (Å²) in [5, 5.41) is 8.56. The maximum atomic E-state index is 11.2. The number of aliphatic imine (C=N–C) groups is 1. The summed E-state index contributed by atoms with van der Waals surface area (Å²) in [5.74, 6) is 0.536. The summed E-state index contributed by atoms with van der Waals surface area (Å²) in [6.07, 6.45) is 2.87. The Morgan fingerprint density at radius 3 is 2.83 bits per heavy atom. The van der Waals surface area contributed by atoms with Gasteiger partial charge in [0, 0.05) is 18.0 Å². The number of hydrogen-bond acceptors (Lipinski definition) is 5. The predicted molar refractivity (Wildman–Crippen MR) is 98.5 cm³/mol. The van der Waals surface area contributed by atoms with Crippen LogP contribution in [-0.2, 0) is 9.53 Å². The van der Waals surface area contributed by atoms with Gasteiger partial charge in [-0.3, -0.25) is 14.7 Å². The first-order valence-electron chi connectivity index (χ1n) is 8.61. The van der Waals surface area contributed by atoms with E-state index in [1.54, 1.807) is 11.3 Å². The van der Waals surface area contributed by atoms with Crippen molar-refractivity contribution in [3.05, 3.63) is 22.4 Å². The summed E-state index contributed by atoms with van der Waals surface area (Å²) in [6.45, 7) is 6.35. The number of nitrogens with one attached hydrogen (secondary N) is 2. The summed E-state index contributed by atoms with van der Waals surface area (Å²) < 4.78 is 4.66. The molecular formula is C17H28N4O2S. The van der Waals surface area contributed by atoms with Gasteiger partial charge in [0.2, 0.25) is 0 Å². The Hall–Kier alpha value is -1.60. The first kappa shape index (κ1) is 18.7. The van der Waals surface area contributed by atoms with Gasteiger partial charge < -0.3 is 15.4 Å². The first-order chi connectivity index (χ1) is 11.7. The first-order valence-corrected chi connectivity index (χ1v) is 9.49. The number of guanidine groups is 1. The highest BCUT2D eigenvalue weighted by atomic mass is 32.1. The number of carbonyl (C=O) groups is 1. The van der Waals surface area contributed by atoms with E-state index in [1.165, 1.54) is 24.8 Å². The Labute approximate surface area is 148 Å². The third-order valence-electron chi connectivity index (χ3n) is 4.07. The van der Waals surface area contributed by atoms with E-state index in [2.05, 4.69) is 37.8 Å². The topological polar surface area (TPSA) is 66.0 Å². The molecule has 1 unspecified atom stereocenters. The highest BCUT2D eigenvalue weighted by molar-refractivity contribution is 7.10. The molecule has 2 rings (SSSR count). The monoisotopic (exact) mass is 352 g/mol. The van der Waals surface area contributed by atoms with Crippen LogP contribution < -0.4 is 10.6 Å². The van der Waals surface area contributed by atoms with Gasteiger partial charge in [0.15, 0.2) is 5.96 Å². The zero-order valence-electron chi connectivity index (χ0n) is 14.6. The summed E-state index contributed by atoms with van der Waals surface area (Å²) in [5.41, 5.74) is 0. The Bertz CT molecular complexity index is 513. The standard InChI is InChI=1S/C17H28N4O2S/c1-3-18-17(19-9-8-16(22)23-2)20-13-14(15-7-6-12-24-15)21-10-4-5-11-21/h6-7,12,14H,3-5,8-11,13H2,1-2H3,(H2,18,19,20). The quantitative estimate of drug-likeness (QED) is 0.426. The molecule has 1 saturated heterocycles. The molecule has 6 nitrogen and oxygen atoms in total. The van der Waals surface area contributed by atoms with Crippen LogP contribution in [0.1, 0.15) is 37.1 Å². The average Bonchev–Trinajstić information content (AvgIpc) is 3.29. The van der Waals surface area contributed by atoms with Crippen LogP contribution in [-0.4, -0.2) is 56.7 Å². The normalized spacial score (nSPS) is 16.8. The van der Waals surface area contributed by atoms with Crippen molar-refractivity contribution in [2.24, 2.45) is 4.99 Å². The number of carbonyl (C=O) groups excluding carboxylic acids is 1. The van der Waals surface area contributed by atoms with Crippen molar-refractivity contribution >= 4 is 23.3 Å². The van der Waals surface area contributed by atoms with E-state index in [0.717, 1.165) is 25.6 Å². The zero-order valence-corrected chi connectivity index (χ0v) is 15.4. The molecule has 0 spiro atoms. The van der Waals surface area contributed by atoms with Gasteiger partial charge in [0.25, 0.3) is 0 Å². The van der Waals surface area contributed by atoms with Crippen LogP contribution in [0.2, 0.25) is 0 Å². The van der Waals surface area contributed by atoms with Crippen LogP contribution in [0.15, 0.2) is 22.5 Å². The van der Waals surface area contributed by atoms with Crippen LogP contribution in [0.5, 0.6) is 0 Å². The number of ether oxygens (including phenoxy) is 1. The fourth-order valence-electron chi connectivity index (χ4n) is 2.82. The number of thiophene rings is 1. The molecule has 24 heavy (non-hydrogen) atoms. The summed E-state index contributed by atoms with van der Waals surface area (Å²) in [4.78, 5) is 19.9. The second-order valence-electron chi connectivity index (χ2n) is 5.75. The summed E-state index contributed by atoms with van der Waals surface area (Å²) in [7, 11) is 1.41. The molecule has 0 bridgehead atoms. The molecule has 134 valence electrons. The number of likely N-dealkylation sites (tertiary alicyclic amines) is 1. The van der Waals surface area contributed by atoms with E-state index in [4.69, 9.17) is 4.99 Å². The lowest BCUT2D eigenvalue weighted by molar-refractivity contribution is -0.140. The number of esters is 1. The maximum Gasteiger partial charge on any atom is 0.307 e. The van der Waals surface area contributed by atoms with Gasteiger partial charge >= 0.3 is 5.97 Å². The largest absolute Gasteiger partial charge is 0.469 e. The second kappa shape index (κ2) is 10.3. The van der Waals surface area contributed by atoms with Crippen molar-refractivity contribution in [1.82, 2.24) is 15.5 Å². The molecule has 1 aliphatic rings. The molecule has 1 aliphatic heterocycles. The van der Waals surface area contributed by atoms with Crippen LogP contribution in [0.3, 0.4) is 0 Å². The molecule has 2 N–H and O–H groups in total. The number of hydrogen-bond donors (Lipinski definition) is 2. The fourth-order valence-corrected chi connectivity index (χ4v) is 3.68. The van der Waals surface area contributed by atoms with Crippen LogP contribution in [0, 0.1) is 0 Å². The van der Waals surface area contributed by atoms with Crippen LogP contribution in [0.25, 0.3) is 0 Å². The Kier molecular flexibility index (Phi) is 8.04. The van der Waals surface area contributed by atoms with Crippen molar-refractivity contribution in [3.8, 4) is 0 Å².